The molecule has 0 spiro atoms. The average molecular weight is 317 g/mol. The predicted molar refractivity (Wildman–Crippen MR) is 81.6 cm³/mol. The average Bonchev–Trinajstić information content (AvgIpc) is 2.96. The van der Waals surface area contributed by atoms with E-state index in [1.165, 1.54) is 26.4 Å². The highest BCUT2D eigenvalue weighted by atomic mass is 19.1. The van der Waals surface area contributed by atoms with Crippen LogP contribution in [0.25, 0.3) is 0 Å². The van der Waals surface area contributed by atoms with Gasteiger partial charge in [-0.1, -0.05) is 0 Å². The third-order valence-electron chi connectivity index (χ3n) is 3.71. The number of halogens is 1. The highest BCUT2D eigenvalue weighted by molar-refractivity contribution is 5.97. The summed E-state index contributed by atoms with van der Waals surface area (Å²) in [6, 6.07) is 8.80. The van der Waals surface area contributed by atoms with E-state index in [4.69, 9.17) is 14.2 Å². The molecule has 0 saturated heterocycles. The Morgan fingerprint density at radius 3 is 2.78 bits per heavy atom. The van der Waals surface area contributed by atoms with Gasteiger partial charge < -0.3 is 19.5 Å². The molecule has 2 aromatic carbocycles. The number of amides is 1. The molecule has 1 aliphatic heterocycles. The van der Waals surface area contributed by atoms with E-state index in [2.05, 4.69) is 5.32 Å². The van der Waals surface area contributed by atoms with Gasteiger partial charge in [-0.2, -0.15) is 0 Å². The zero-order valence-corrected chi connectivity index (χ0v) is 12.8. The number of carbonyl (C=O) groups is 1. The number of nitrogens with one attached hydrogen (secondary N) is 1. The van der Waals surface area contributed by atoms with Gasteiger partial charge in [0, 0.05) is 5.56 Å². The summed E-state index contributed by atoms with van der Waals surface area (Å²) >= 11 is 0. The van der Waals surface area contributed by atoms with Crippen molar-refractivity contribution < 1.29 is 23.4 Å². The number of rotatable bonds is 4. The largest absolute Gasteiger partial charge is 0.497 e. The minimum Gasteiger partial charge on any atom is -0.497 e. The Morgan fingerprint density at radius 1 is 1.22 bits per heavy atom. The molecule has 5 nitrogen and oxygen atoms in total. The van der Waals surface area contributed by atoms with E-state index in [1.54, 1.807) is 24.3 Å². The summed E-state index contributed by atoms with van der Waals surface area (Å²) in [4.78, 5) is 12.5. The van der Waals surface area contributed by atoms with Crippen molar-refractivity contribution in [3.63, 3.8) is 0 Å². The number of carbonyl (C=O) groups excluding carboxylic acids is 1. The minimum atomic E-state index is -0.413. The van der Waals surface area contributed by atoms with Crippen LogP contribution in [-0.4, -0.2) is 26.7 Å². The zero-order valence-electron chi connectivity index (χ0n) is 12.8. The quantitative estimate of drug-likeness (QED) is 0.942. The highest BCUT2D eigenvalue weighted by Gasteiger charge is 2.27. The Morgan fingerprint density at radius 2 is 2.04 bits per heavy atom. The van der Waals surface area contributed by atoms with Crippen LogP contribution in [0.4, 0.5) is 4.39 Å². The molecular weight excluding hydrogens is 301 g/mol. The summed E-state index contributed by atoms with van der Waals surface area (Å²) in [6.07, 6.45) is 0. The van der Waals surface area contributed by atoms with Crippen molar-refractivity contribution in [2.24, 2.45) is 0 Å². The smallest absolute Gasteiger partial charge is 0.255 e. The molecular formula is C17H16FNO4. The molecule has 3 rings (SSSR count). The number of benzene rings is 2. The second-order valence-electron chi connectivity index (χ2n) is 5.09. The first-order valence-electron chi connectivity index (χ1n) is 7.07. The van der Waals surface area contributed by atoms with Gasteiger partial charge in [0.15, 0.2) is 0 Å². The maximum absolute atomic E-state index is 13.4. The maximum Gasteiger partial charge on any atom is 0.255 e. The van der Waals surface area contributed by atoms with Gasteiger partial charge in [0.25, 0.3) is 5.91 Å². The predicted octanol–water partition coefficient (Wildman–Crippen LogP) is 2.71. The van der Waals surface area contributed by atoms with Gasteiger partial charge in [0.2, 0.25) is 0 Å². The Kier molecular flexibility index (Phi) is 4.06. The van der Waals surface area contributed by atoms with E-state index in [0.29, 0.717) is 28.4 Å². The van der Waals surface area contributed by atoms with Crippen LogP contribution in [0.1, 0.15) is 22.0 Å². The Balaban J connectivity index is 1.85. The van der Waals surface area contributed by atoms with Crippen molar-refractivity contribution in [2.75, 3.05) is 20.8 Å². The van der Waals surface area contributed by atoms with Crippen molar-refractivity contribution in [1.82, 2.24) is 5.32 Å². The Labute approximate surface area is 133 Å². The summed E-state index contributed by atoms with van der Waals surface area (Å²) in [7, 11) is 3.01. The van der Waals surface area contributed by atoms with Crippen molar-refractivity contribution in [3.8, 4) is 17.2 Å². The number of hydrogen-bond acceptors (Lipinski definition) is 4. The first-order valence-corrected chi connectivity index (χ1v) is 7.07. The SMILES string of the molecule is COc1ccc(OC)c(C(=O)NC2COc3ccc(F)cc32)c1. The standard InChI is InChI=1S/C17H16FNO4/c1-21-11-4-6-15(22-2)13(8-11)17(20)19-14-9-23-16-5-3-10(18)7-12(14)16/h3-8,14H,9H2,1-2H3,(H,19,20). The van der Waals surface area contributed by atoms with Crippen molar-refractivity contribution >= 4 is 5.91 Å². The monoisotopic (exact) mass is 317 g/mol. The lowest BCUT2D eigenvalue weighted by molar-refractivity contribution is 0.0927. The topological polar surface area (TPSA) is 56.8 Å². The number of ether oxygens (including phenoxy) is 3. The Hall–Kier alpha value is -2.76. The van der Waals surface area contributed by atoms with Crippen LogP contribution >= 0.6 is 0 Å². The summed E-state index contributed by atoms with van der Waals surface area (Å²) in [5.74, 6) is 0.847. The van der Waals surface area contributed by atoms with Gasteiger partial charge in [0.1, 0.15) is 29.7 Å². The molecule has 1 atom stereocenters. The van der Waals surface area contributed by atoms with Crippen LogP contribution in [0, 0.1) is 5.82 Å². The fourth-order valence-electron chi connectivity index (χ4n) is 2.53. The van der Waals surface area contributed by atoms with E-state index < -0.39 is 6.04 Å². The second kappa shape index (κ2) is 6.16. The van der Waals surface area contributed by atoms with Crippen molar-refractivity contribution in [2.45, 2.75) is 6.04 Å². The molecule has 0 fully saturated rings. The van der Waals surface area contributed by atoms with E-state index >= 15 is 0 Å². The Bertz CT molecular complexity index is 747. The molecule has 23 heavy (non-hydrogen) atoms. The lowest BCUT2D eigenvalue weighted by atomic mass is 10.1. The lowest BCUT2D eigenvalue weighted by Gasteiger charge is -2.14. The van der Waals surface area contributed by atoms with Gasteiger partial charge in [-0.05, 0) is 36.4 Å². The minimum absolute atomic E-state index is 0.261. The molecule has 1 aliphatic rings. The van der Waals surface area contributed by atoms with Gasteiger partial charge in [0.05, 0.1) is 25.8 Å². The molecule has 120 valence electrons. The molecule has 0 bridgehead atoms. The van der Waals surface area contributed by atoms with E-state index in [-0.39, 0.29) is 18.3 Å². The number of methoxy groups -OCH3 is 2. The summed E-state index contributed by atoms with van der Waals surface area (Å²) < 4.78 is 29.2. The van der Waals surface area contributed by atoms with Gasteiger partial charge >= 0.3 is 0 Å². The molecule has 0 saturated carbocycles. The molecule has 1 N–H and O–H groups in total. The molecule has 1 amide bonds. The first kappa shape index (κ1) is 15.1. The van der Waals surface area contributed by atoms with Crippen molar-refractivity contribution in [1.29, 1.82) is 0 Å². The molecule has 0 aliphatic carbocycles. The van der Waals surface area contributed by atoms with Crippen LogP contribution in [0.3, 0.4) is 0 Å². The van der Waals surface area contributed by atoms with Crippen LogP contribution in [-0.2, 0) is 0 Å². The fraction of sp³-hybridized carbons (Fsp3) is 0.235. The molecule has 0 radical (unpaired) electrons. The zero-order chi connectivity index (χ0) is 16.4. The van der Waals surface area contributed by atoms with Crippen LogP contribution in [0.5, 0.6) is 17.2 Å². The number of fused-ring (bicyclic) bond motifs is 1. The van der Waals surface area contributed by atoms with Gasteiger partial charge in [-0.25, -0.2) is 4.39 Å². The third-order valence-corrected chi connectivity index (χ3v) is 3.71. The summed E-state index contributed by atoms with van der Waals surface area (Å²) in [5.41, 5.74) is 0.969. The third kappa shape index (κ3) is 2.92. The first-order chi connectivity index (χ1) is 11.1. The molecule has 0 aromatic heterocycles. The fourth-order valence-corrected chi connectivity index (χ4v) is 2.53. The van der Waals surface area contributed by atoms with Gasteiger partial charge in [-0.15, -0.1) is 0 Å². The lowest BCUT2D eigenvalue weighted by Crippen LogP contribution is -2.29. The second-order valence-corrected chi connectivity index (χ2v) is 5.09. The molecule has 2 aromatic rings. The number of hydrogen-bond donors (Lipinski definition) is 1. The summed E-state index contributed by atoms with van der Waals surface area (Å²) in [6.45, 7) is 0.261. The van der Waals surface area contributed by atoms with E-state index in [9.17, 15) is 9.18 Å². The molecule has 6 heteroatoms. The van der Waals surface area contributed by atoms with E-state index in [0.717, 1.165) is 0 Å². The maximum atomic E-state index is 13.4. The molecule has 1 unspecified atom stereocenters. The van der Waals surface area contributed by atoms with Crippen LogP contribution in [0.15, 0.2) is 36.4 Å². The normalized spacial score (nSPS) is 15.5. The molecule has 1 heterocycles. The van der Waals surface area contributed by atoms with Crippen LogP contribution in [0.2, 0.25) is 0 Å². The van der Waals surface area contributed by atoms with E-state index in [1.807, 2.05) is 0 Å². The van der Waals surface area contributed by atoms with Crippen molar-refractivity contribution in [3.05, 3.63) is 53.3 Å². The highest BCUT2D eigenvalue weighted by Crippen LogP contribution is 2.33. The van der Waals surface area contributed by atoms with Gasteiger partial charge in [-0.3, -0.25) is 4.79 Å². The summed E-state index contributed by atoms with van der Waals surface area (Å²) in [5, 5.41) is 2.84. The van der Waals surface area contributed by atoms with Crippen LogP contribution < -0.4 is 19.5 Å².